The maximum atomic E-state index is 6.75. The maximum Gasteiger partial charge on any atom is 0.143 e. The largest absolute Gasteiger partial charge is 0.455 e. The number of ether oxygens (including phenoxy) is 1. The molecule has 2 aliphatic rings. The van der Waals surface area contributed by atoms with Crippen LogP contribution < -0.4 is 4.74 Å². The fourth-order valence-electron chi connectivity index (χ4n) is 6.70. The molecule has 0 bridgehead atoms. The zero-order valence-electron chi connectivity index (χ0n) is 20.5. The zero-order chi connectivity index (χ0) is 24.6. The number of rotatable bonds is 2. The quantitative estimate of drug-likeness (QED) is 0.243. The third kappa shape index (κ3) is 2.69. The molecule has 1 nitrogen and oxygen atoms in total. The molecule has 1 heteroatoms. The van der Waals surface area contributed by atoms with Crippen molar-refractivity contribution in [3.05, 3.63) is 144 Å². The van der Waals surface area contributed by atoms with Gasteiger partial charge in [-0.25, -0.2) is 0 Å². The predicted molar refractivity (Wildman–Crippen MR) is 152 cm³/mol. The minimum absolute atomic E-state index is 0.279. The molecule has 1 aliphatic heterocycles. The molecule has 174 valence electrons. The van der Waals surface area contributed by atoms with E-state index in [0.717, 1.165) is 22.6 Å². The van der Waals surface area contributed by atoms with Gasteiger partial charge in [-0.3, -0.25) is 0 Å². The van der Waals surface area contributed by atoms with Gasteiger partial charge in [-0.15, -0.1) is 0 Å². The first-order valence-corrected chi connectivity index (χ1v) is 12.9. The van der Waals surface area contributed by atoms with Gasteiger partial charge >= 0.3 is 0 Å². The summed E-state index contributed by atoms with van der Waals surface area (Å²) in [6, 6.07) is 46.0. The van der Waals surface area contributed by atoms with Crippen molar-refractivity contribution in [2.24, 2.45) is 0 Å². The van der Waals surface area contributed by atoms with Gasteiger partial charge in [-0.05, 0) is 57.3 Å². The van der Waals surface area contributed by atoms with Gasteiger partial charge in [-0.1, -0.05) is 121 Å². The van der Waals surface area contributed by atoms with Crippen LogP contribution in [0.2, 0.25) is 0 Å². The Balaban J connectivity index is 1.44. The molecule has 1 aliphatic carbocycles. The molecule has 6 aromatic carbocycles. The molecular formula is C36H24O. The summed E-state index contributed by atoms with van der Waals surface area (Å²) in [5.41, 5.74) is 11.1. The van der Waals surface area contributed by atoms with E-state index in [1.807, 2.05) is 0 Å². The number of para-hydroxylation sites is 1. The highest BCUT2D eigenvalue weighted by molar-refractivity contribution is 6.06. The molecule has 0 saturated heterocycles. The molecule has 1 unspecified atom stereocenters. The summed E-state index contributed by atoms with van der Waals surface area (Å²) in [6.45, 7) is 2.38. The van der Waals surface area contributed by atoms with E-state index in [1.54, 1.807) is 0 Å². The minimum Gasteiger partial charge on any atom is -0.455 e. The van der Waals surface area contributed by atoms with Crippen LogP contribution in [0.3, 0.4) is 0 Å². The SMILES string of the molecule is CC1(c2ccccc2)c2ccccc2-c2cccc(-c3cccc4c3Oc3cccc5cccc-4c35)c21. The van der Waals surface area contributed by atoms with Crippen molar-refractivity contribution in [3.63, 3.8) is 0 Å². The van der Waals surface area contributed by atoms with Gasteiger partial charge in [0, 0.05) is 21.9 Å². The van der Waals surface area contributed by atoms with Gasteiger partial charge in [0.1, 0.15) is 11.5 Å². The van der Waals surface area contributed by atoms with Crippen LogP contribution in [0.1, 0.15) is 23.6 Å². The fourth-order valence-corrected chi connectivity index (χ4v) is 6.70. The highest BCUT2D eigenvalue weighted by atomic mass is 16.5. The van der Waals surface area contributed by atoms with Crippen molar-refractivity contribution in [3.8, 4) is 44.9 Å². The molecule has 37 heavy (non-hydrogen) atoms. The van der Waals surface area contributed by atoms with E-state index >= 15 is 0 Å². The minimum atomic E-state index is -0.279. The molecule has 1 atom stereocenters. The Morgan fingerprint density at radius 2 is 1.05 bits per heavy atom. The zero-order valence-corrected chi connectivity index (χ0v) is 20.5. The van der Waals surface area contributed by atoms with E-state index < -0.39 is 0 Å². The number of hydrogen-bond acceptors (Lipinski definition) is 1. The lowest BCUT2D eigenvalue weighted by molar-refractivity contribution is 0.488. The molecule has 0 amide bonds. The van der Waals surface area contributed by atoms with E-state index in [4.69, 9.17) is 4.74 Å². The van der Waals surface area contributed by atoms with Gasteiger partial charge in [0.2, 0.25) is 0 Å². The van der Waals surface area contributed by atoms with Gasteiger partial charge in [0.25, 0.3) is 0 Å². The van der Waals surface area contributed by atoms with Crippen LogP contribution in [0, 0.1) is 0 Å². The summed E-state index contributed by atoms with van der Waals surface area (Å²) in [7, 11) is 0. The molecule has 0 aromatic heterocycles. The maximum absolute atomic E-state index is 6.75. The lowest BCUT2D eigenvalue weighted by Crippen LogP contribution is -2.23. The molecule has 0 saturated carbocycles. The van der Waals surface area contributed by atoms with Gasteiger partial charge in [0.05, 0.1) is 0 Å². The van der Waals surface area contributed by atoms with Crippen LogP contribution in [-0.2, 0) is 5.41 Å². The lowest BCUT2D eigenvalue weighted by atomic mass is 9.72. The van der Waals surface area contributed by atoms with Crippen molar-refractivity contribution in [1.82, 2.24) is 0 Å². The summed E-state index contributed by atoms with van der Waals surface area (Å²) in [5.74, 6) is 1.86. The van der Waals surface area contributed by atoms with E-state index in [0.29, 0.717) is 0 Å². The third-order valence-electron chi connectivity index (χ3n) is 8.35. The first-order valence-electron chi connectivity index (χ1n) is 12.9. The van der Waals surface area contributed by atoms with Gasteiger partial charge < -0.3 is 4.74 Å². The van der Waals surface area contributed by atoms with Crippen LogP contribution >= 0.6 is 0 Å². The predicted octanol–water partition coefficient (Wildman–Crippen LogP) is 9.61. The molecular weight excluding hydrogens is 448 g/mol. The summed E-state index contributed by atoms with van der Waals surface area (Å²) >= 11 is 0. The molecule has 0 radical (unpaired) electrons. The smallest absolute Gasteiger partial charge is 0.143 e. The molecule has 8 rings (SSSR count). The average Bonchev–Trinajstić information content (AvgIpc) is 3.23. The molecule has 0 N–H and O–H groups in total. The Labute approximate surface area is 216 Å². The van der Waals surface area contributed by atoms with E-state index in [2.05, 4.69) is 134 Å². The topological polar surface area (TPSA) is 9.23 Å². The van der Waals surface area contributed by atoms with Crippen molar-refractivity contribution < 1.29 is 4.74 Å². The second kappa shape index (κ2) is 7.44. The Morgan fingerprint density at radius 1 is 0.486 bits per heavy atom. The summed E-state index contributed by atoms with van der Waals surface area (Å²) in [4.78, 5) is 0. The van der Waals surface area contributed by atoms with Crippen molar-refractivity contribution in [2.45, 2.75) is 12.3 Å². The monoisotopic (exact) mass is 472 g/mol. The highest BCUT2D eigenvalue weighted by Crippen LogP contribution is 2.57. The Bertz CT molecular complexity index is 1860. The van der Waals surface area contributed by atoms with Crippen LogP contribution in [0.4, 0.5) is 0 Å². The molecule has 1 heterocycles. The molecule has 0 fully saturated rings. The number of fused-ring (bicyclic) bond motifs is 5. The molecule has 0 spiro atoms. The van der Waals surface area contributed by atoms with Crippen molar-refractivity contribution in [2.75, 3.05) is 0 Å². The fraction of sp³-hybridized carbons (Fsp3) is 0.0556. The Hall–Kier alpha value is -4.62. The van der Waals surface area contributed by atoms with Gasteiger partial charge in [-0.2, -0.15) is 0 Å². The van der Waals surface area contributed by atoms with Crippen LogP contribution in [0.15, 0.2) is 127 Å². The van der Waals surface area contributed by atoms with Crippen LogP contribution in [0.5, 0.6) is 11.5 Å². The summed E-state index contributed by atoms with van der Waals surface area (Å²) < 4.78 is 6.75. The van der Waals surface area contributed by atoms with Crippen LogP contribution in [0.25, 0.3) is 44.2 Å². The number of benzene rings is 6. The van der Waals surface area contributed by atoms with Crippen molar-refractivity contribution in [1.29, 1.82) is 0 Å². The van der Waals surface area contributed by atoms with Gasteiger partial charge in [0.15, 0.2) is 0 Å². The standard InChI is InChI=1S/C36H24O/c1-36(24-13-3-2-4-14-24)31-21-6-5-15-25(31)27-17-9-18-28(34(27)36)30-20-10-19-29-26-16-7-11-23-12-8-22-32(33(23)26)37-35(29)30/h2-22H,1H3. The summed E-state index contributed by atoms with van der Waals surface area (Å²) in [6.07, 6.45) is 0. The van der Waals surface area contributed by atoms with E-state index in [1.165, 1.54) is 49.7 Å². The second-order valence-electron chi connectivity index (χ2n) is 10.2. The molecule has 6 aromatic rings. The average molecular weight is 473 g/mol. The first-order chi connectivity index (χ1) is 18.2. The second-order valence-corrected chi connectivity index (χ2v) is 10.2. The third-order valence-corrected chi connectivity index (χ3v) is 8.35. The lowest BCUT2D eigenvalue weighted by Gasteiger charge is -2.31. The number of hydrogen-bond donors (Lipinski definition) is 0. The normalized spacial score (nSPS) is 16.6. The summed E-state index contributed by atoms with van der Waals surface area (Å²) in [5, 5.41) is 2.40. The highest BCUT2D eigenvalue weighted by Gasteiger charge is 2.42. The Kier molecular flexibility index (Phi) is 4.14. The van der Waals surface area contributed by atoms with Crippen LogP contribution in [-0.4, -0.2) is 0 Å². The van der Waals surface area contributed by atoms with Crippen molar-refractivity contribution >= 4 is 10.8 Å². The first kappa shape index (κ1) is 20.6. The van der Waals surface area contributed by atoms with E-state index in [-0.39, 0.29) is 5.41 Å². The Morgan fingerprint density at radius 3 is 1.86 bits per heavy atom. The van der Waals surface area contributed by atoms with E-state index in [9.17, 15) is 0 Å².